The molecule has 0 aromatic heterocycles. The number of anilines is 1. The number of nitrogens with one attached hydrogen (secondary N) is 1. The van der Waals surface area contributed by atoms with E-state index in [-0.39, 0.29) is 12.1 Å². The van der Waals surface area contributed by atoms with E-state index in [1.165, 1.54) is 5.56 Å². The predicted octanol–water partition coefficient (Wildman–Crippen LogP) is 5.84. The van der Waals surface area contributed by atoms with Crippen LogP contribution < -0.4 is 10.1 Å². The highest BCUT2D eigenvalue weighted by Gasteiger charge is 2.33. The molecule has 3 aromatic rings. The smallest absolute Gasteiger partial charge is 0.322 e. The average Bonchev–Trinajstić information content (AvgIpc) is 2.73. The van der Waals surface area contributed by atoms with Crippen molar-refractivity contribution >= 4 is 23.3 Å². The summed E-state index contributed by atoms with van der Waals surface area (Å²) >= 11 is 6.54. The highest BCUT2D eigenvalue weighted by molar-refractivity contribution is 6.31. The Balaban J connectivity index is 1.73. The lowest BCUT2D eigenvalue weighted by molar-refractivity contribution is 0.194. The van der Waals surface area contributed by atoms with E-state index in [0.717, 1.165) is 23.1 Å². The zero-order valence-corrected chi connectivity index (χ0v) is 17.2. The third-order valence-electron chi connectivity index (χ3n) is 5.34. The first kappa shape index (κ1) is 19.3. The second-order valence-electron chi connectivity index (χ2n) is 7.20. The molecule has 2 amide bonds. The molecule has 1 aliphatic heterocycles. The molecular formula is C24H23ClN2O2. The fraction of sp³-hybridized carbons (Fsp3) is 0.208. The molecule has 5 heteroatoms. The standard InChI is InChI=1S/C24H23ClN2O2/c1-16-11-12-22(29-2)21(15-16)26-24(28)27-14-13-17-7-3-4-8-18(17)23(27)19-9-5-6-10-20(19)25/h3-12,15,23H,13-14H2,1-2H3,(H,26,28)/t23-/m0/s1. The van der Waals surface area contributed by atoms with Crippen molar-refractivity contribution in [2.75, 3.05) is 19.0 Å². The molecule has 29 heavy (non-hydrogen) atoms. The Morgan fingerprint density at radius 2 is 1.79 bits per heavy atom. The zero-order valence-electron chi connectivity index (χ0n) is 16.5. The SMILES string of the molecule is COc1ccc(C)cc1NC(=O)N1CCc2ccccc2[C@H]1c1ccccc1Cl. The Hall–Kier alpha value is -2.98. The molecule has 148 valence electrons. The van der Waals surface area contributed by atoms with Crippen LogP contribution in [-0.2, 0) is 6.42 Å². The number of nitrogens with zero attached hydrogens (tertiary/aromatic N) is 1. The molecule has 4 nitrogen and oxygen atoms in total. The number of hydrogen-bond donors (Lipinski definition) is 1. The van der Waals surface area contributed by atoms with Gasteiger partial charge in [-0.3, -0.25) is 0 Å². The Morgan fingerprint density at radius 1 is 1.07 bits per heavy atom. The van der Waals surface area contributed by atoms with Crippen LogP contribution in [0.5, 0.6) is 5.75 Å². The minimum absolute atomic E-state index is 0.173. The second-order valence-corrected chi connectivity index (χ2v) is 7.61. The number of carbonyl (C=O) groups is 1. The molecule has 0 radical (unpaired) electrons. The summed E-state index contributed by atoms with van der Waals surface area (Å²) in [5, 5.41) is 3.69. The topological polar surface area (TPSA) is 41.6 Å². The minimum atomic E-state index is -0.246. The molecule has 1 N–H and O–H groups in total. The van der Waals surface area contributed by atoms with Gasteiger partial charge in [-0.05, 0) is 53.8 Å². The fourth-order valence-corrected chi connectivity index (χ4v) is 4.16. The first-order chi connectivity index (χ1) is 14.1. The molecule has 0 fully saturated rings. The van der Waals surface area contributed by atoms with Crippen LogP contribution in [0.25, 0.3) is 0 Å². The molecule has 1 aliphatic rings. The van der Waals surface area contributed by atoms with Crippen molar-refractivity contribution in [2.24, 2.45) is 0 Å². The Kier molecular flexibility index (Phi) is 5.45. The van der Waals surface area contributed by atoms with E-state index in [1.807, 2.05) is 66.4 Å². The number of halogens is 1. The van der Waals surface area contributed by atoms with Gasteiger partial charge in [0, 0.05) is 11.6 Å². The molecule has 0 bridgehead atoms. The quantitative estimate of drug-likeness (QED) is 0.593. The number of ether oxygens (including phenoxy) is 1. The van der Waals surface area contributed by atoms with Gasteiger partial charge in [0.05, 0.1) is 18.8 Å². The van der Waals surface area contributed by atoms with Gasteiger partial charge in [0.15, 0.2) is 0 Å². The molecule has 1 atom stereocenters. The van der Waals surface area contributed by atoms with Gasteiger partial charge in [-0.1, -0.05) is 60.1 Å². The van der Waals surface area contributed by atoms with Crippen LogP contribution in [0, 0.1) is 6.92 Å². The van der Waals surface area contributed by atoms with Gasteiger partial charge in [0.2, 0.25) is 0 Å². The Morgan fingerprint density at radius 3 is 2.55 bits per heavy atom. The molecule has 0 unspecified atom stereocenters. The number of methoxy groups -OCH3 is 1. The first-order valence-corrected chi connectivity index (χ1v) is 10.0. The molecular weight excluding hydrogens is 384 g/mol. The highest BCUT2D eigenvalue weighted by Crippen LogP contribution is 2.38. The number of carbonyl (C=O) groups excluding carboxylic acids is 1. The first-order valence-electron chi connectivity index (χ1n) is 9.63. The van der Waals surface area contributed by atoms with E-state index >= 15 is 0 Å². The van der Waals surface area contributed by atoms with Crippen molar-refractivity contribution in [1.29, 1.82) is 0 Å². The Bertz CT molecular complexity index is 1050. The predicted molar refractivity (Wildman–Crippen MR) is 117 cm³/mol. The van der Waals surface area contributed by atoms with Gasteiger partial charge in [0.1, 0.15) is 5.75 Å². The van der Waals surface area contributed by atoms with Crippen molar-refractivity contribution in [1.82, 2.24) is 4.90 Å². The molecule has 1 heterocycles. The highest BCUT2D eigenvalue weighted by atomic mass is 35.5. The van der Waals surface area contributed by atoms with Gasteiger partial charge >= 0.3 is 6.03 Å². The summed E-state index contributed by atoms with van der Waals surface area (Å²) in [4.78, 5) is 15.2. The van der Waals surface area contributed by atoms with Gasteiger partial charge in [0.25, 0.3) is 0 Å². The number of fused-ring (bicyclic) bond motifs is 1. The van der Waals surface area contributed by atoms with Crippen LogP contribution >= 0.6 is 11.6 Å². The van der Waals surface area contributed by atoms with E-state index in [4.69, 9.17) is 16.3 Å². The maximum Gasteiger partial charge on any atom is 0.322 e. The summed E-state index contributed by atoms with van der Waals surface area (Å²) in [6.07, 6.45) is 0.801. The lowest BCUT2D eigenvalue weighted by Gasteiger charge is -2.38. The lowest BCUT2D eigenvalue weighted by atomic mass is 9.88. The van der Waals surface area contributed by atoms with Crippen LogP contribution in [-0.4, -0.2) is 24.6 Å². The van der Waals surface area contributed by atoms with Gasteiger partial charge in [-0.2, -0.15) is 0 Å². The maximum absolute atomic E-state index is 13.4. The number of amides is 2. The normalized spacial score (nSPS) is 15.6. The van der Waals surface area contributed by atoms with Gasteiger partial charge in [-0.25, -0.2) is 4.79 Å². The van der Waals surface area contributed by atoms with E-state index in [0.29, 0.717) is 23.0 Å². The summed E-state index contributed by atoms with van der Waals surface area (Å²) in [6.45, 7) is 2.59. The summed E-state index contributed by atoms with van der Waals surface area (Å²) in [5.41, 5.74) is 4.99. The van der Waals surface area contributed by atoms with Crippen molar-refractivity contribution in [2.45, 2.75) is 19.4 Å². The van der Waals surface area contributed by atoms with Crippen LogP contribution in [0.1, 0.15) is 28.3 Å². The largest absolute Gasteiger partial charge is 0.495 e. The van der Waals surface area contributed by atoms with Crippen LogP contribution in [0.3, 0.4) is 0 Å². The van der Waals surface area contributed by atoms with Crippen molar-refractivity contribution in [3.63, 3.8) is 0 Å². The number of hydrogen-bond acceptors (Lipinski definition) is 2. The Labute approximate surface area is 176 Å². The number of aryl methyl sites for hydroxylation is 1. The summed E-state index contributed by atoms with van der Waals surface area (Å²) in [7, 11) is 1.60. The van der Waals surface area contributed by atoms with Gasteiger partial charge < -0.3 is 15.0 Å². The minimum Gasteiger partial charge on any atom is -0.495 e. The summed E-state index contributed by atoms with van der Waals surface area (Å²) in [6, 6.07) is 21.3. The van der Waals surface area contributed by atoms with E-state index in [1.54, 1.807) is 7.11 Å². The number of rotatable bonds is 3. The third-order valence-corrected chi connectivity index (χ3v) is 5.68. The lowest BCUT2D eigenvalue weighted by Crippen LogP contribution is -2.43. The van der Waals surface area contributed by atoms with Crippen molar-refractivity contribution in [3.8, 4) is 5.75 Å². The van der Waals surface area contributed by atoms with E-state index in [9.17, 15) is 4.79 Å². The molecule has 0 aliphatic carbocycles. The van der Waals surface area contributed by atoms with Crippen molar-refractivity contribution in [3.05, 3.63) is 94.0 Å². The van der Waals surface area contributed by atoms with E-state index in [2.05, 4.69) is 17.4 Å². The fourth-order valence-electron chi connectivity index (χ4n) is 3.92. The number of urea groups is 1. The van der Waals surface area contributed by atoms with Gasteiger partial charge in [-0.15, -0.1) is 0 Å². The monoisotopic (exact) mass is 406 g/mol. The van der Waals surface area contributed by atoms with E-state index < -0.39 is 0 Å². The maximum atomic E-state index is 13.4. The van der Waals surface area contributed by atoms with Crippen LogP contribution in [0.2, 0.25) is 5.02 Å². The van der Waals surface area contributed by atoms with Crippen molar-refractivity contribution < 1.29 is 9.53 Å². The average molecular weight is 407 g/mol. The van der Waals surface area contributed by atoms with Crippen LogP contribution in [0.15, 0.2) is 66.7 Å². The summed E-state index contributed by atoms with van der Waals surface area (Å²) < 4.78 is 5.42. The molecule has 0 spiro atoms. The second kappa shape index (κ2) is 8.18. The third kappa shape index (κ3) is 3.81. The molecule has 0 saturated heterocycles. The molecule has 0 saturated carbocycles. The summed E-state index contributed by atoms with van der Waals surface area (Å²) in [5.74, 6) is 0.635. The number of benzene rings is 3. The zero-order chi connectivity index (χ0) is 20.4. The molecule has 3 aromatic carbocycles. The van der Waals surface area contributed by atoms with Crippen LogP contribution in [0.4, 0.5) is 10.5 Å². The molecule has 4 rings (SSSR count).